The van der Waals surface area contributed by atoms with Gasteiger partial charge in [-0.3, -0.25) is 4.79 Å². The van der Waals surface area contributed by atoms with Gasteiger partial charge >= 0.3 is 6.18 Å². The van der Waals surface area contributed by atoms with E-state index in [0.717, 1.165) is 5.56 Å². The zero-order valence-electron chi connectivity index (χ0n) is 17.4. The fourth-order valence-electron chi connectivity index (χ4n) is 2.59. The SMILES string of the molecule is CCOc1ccc(S(=O)(=O)NCCC(=O)NCc2ccc(COCC(F)(F)F)cc2)cc1. The summed E-state index contributed by atoms with van der Waals surface area (Å²) < 4.78 is 73.0. The molecule has 2 aromatic carbocycles. The van der Waals surface area contributed by atoms with Gasteiger partial charge in [0.15, 0.2) is 0 Å². The molecule has 0 aliphatic carbocycles. The number of ether oxygens (including phenoxy) is 2. The zero-order chi connectivity index (χ0) is 23.6. The summed E-state index contributed by atoms with van der Waals surface area (Å²) in [6.07, 6.45) is -4.42. The summed E-state index contributed by atoms with van der Waals surface area (Å²) >= 11 is 0. The normalized spacial score (nSPS) is 11.9. The highest BCUT2D eigenvalue weighted by atomic mass is 32.2. The first-order chi connectivity index (χ1) is 15.1. The highest BCUT2D eigenvalue weighted by Gasteiger charge is 2.27. The first kappa shape index (κ1) is 25.6. The molecule has 0 saturated heterocycles. The molecule has 32 heavy (non-hydrogen) atoms. The van der Waals surface area contributed by atoms with Crippen molar-refractivity contribution >= 4 is 15.9 Å². The molecule has 0 atom stereocenters. The summed E-state index contributed by atoms with van der Waals surface area (Å²) in [6, 6.07) is 12.5. The van der Waals surface area contributed by atoms with Gasteiger partial charge in [0, 0.05) is 19.5 Å². The van der Waals surface area contributed by atoms with E-state index in [9.17, 15) is 26.4 Å². The van der Waals surface area contributed by atoms with E-state index in [1.807, 2.05) is 6.92 Å². The first-order valence-electron chi connectivity index (χ1n) is 9.80. The van der Waals surface area contributed by atoms with Gasteiger partial charge in [-0.1, -0.05) is 24.3 Å². The van der Waals surface area contributed by atoms with Crippen LogP contribution in [0.5, 0.6) is 5.75 Å². The minimum absolute atomic E-state index is 0.0559. The van der Waals surface area contributed by atoms with E-state index in [2.05, 4.69) is 14.8 Å². The zero-order valence-corrected chi connectivity index (χ0v) is 18.3. The summed E-state index contributed by atoms with van der Waals surface area (Å²) in [6.45, 7) is 0.947. The number of benzene rings is 2. The molecule has 0 radical (unpaired) electrons. The molecule has 11 heteroatoms. The topological polar surface area (TPSA) is 93.7 Å². The number of sulfonamides is 1. The Morgan fingerprint density at radius 3 is 2.22 bits per heavy atom. The molecule has 0 aliphatic rings. The summed E-state index contributed by atoms with van der Waals surface area (Å²) in [5.41, 5.74) is 1.32. The number of hydrogen-bond acceptors (Lipinski definition) is 5. The molecule has 0 aliphatic heterocycles. The number of rotatable bonds is 12. The Hall–Kier alpha value is -2.63. The fraction of sp³-hybridized carbons (Fsp3) is 0.381. The predicted octanol–water partition coefficient (Wildman–Crippen LogP) is 3.15. The van der Waals surface area contributed by atoms with Crippen molar-refractivity contribution in [3.8, 4) is 5.75 Å². The Bertz CT molecular complexity index is 962. The van der Waals surface area contributed by atoms with Gasteiger partial charge in [0.25, 0.3) is 0 Å². The molecule has 0 fully saturated rings. The number of halogens is 3. The maximum absolute atomic E-state index is 12.3. The van der Waals surface area contributed by atoms with Crippen molar-refractivity contribution in [1.29, 1.82) is 0 Å². The molecule has 0 spiro atoms. The largest absolute Gasteiger partial charge is 0.494 e. The number of alkyl halides is 3. The van der Waals surface area contributed by atoms with Crippen LogP contribution in [-0.2, 0) is 32.7 Å². The lowest BCUT2D eigenvalue weighted by atomic mass is 10.1. The highest BCUT2D eigenvalue weighted by Crippen LogP contribution is 2.17. The molecule has 0 unspecified atom stereocenters. The molecule has 2 rings (SSSR count). The van der Waals surface area contributed by atoms with Crippen LogP contribution in [-0.4, -0.2) is 40.3 Å². The first-order valence-corrected chi connectivity index (χ1v) is 11.3. The molecular formula is C21H25F3N2O5S. The average Bonchev–Trinajstić information content (AvgIpc) is 2.73. The van der Waals surface area contributed by atoms with Crippen LogP contribution < -0.4 is 14.8 Å². The van der Waals surface area contributed by atoms with Gasteiger partial charge in [0.1, 0.15) is 12.4 Å². The molecule has 0 bridgehead atoms. The van der Waals surface area contributed by atoms with Crippen LogP contribution in [0.2, 0.25) is 0 Å². The van der Waals surface area contributed by atoms with Crippen LogP contribution >= 0.6 is 0 Å². The van der Waals surface area contributed by atoms with Crippen molar-refractivity contribution in [3.05, 3.63) is 59.7 Å². The lowest BCUT2D eigenvalue weighted by Gasteiger charge is -2.10. The van der Waals surface area contributed by atoms with Crippen molar-refractivity contribution in [2.24, 2.45) is 0 Å². The third-order valence-electron chi connectivity index (χ3n) is 4.14. The summed E-state index contributed by atoms with van der Waals surface area (Å²) in [4.78, 5) is 12.0. The van der Waals surface area contributed by atoms with Gasteiger partial charge < -0.3 is 14.8 Å². The number of nitrogens with one attached hydrogen (secondary N) is 2. The van der Waals surface area contributed by atoms with Crippen molar-refractivity contribution in [2.75, 3.05) is 19.8 Å². The van der Waals surface area contributed by atoms with Crippen LogP contribution in [0.1, 0.15) is 24.5 Å². The Balaban J connectivity index is 1.71. The second-order valence-corrected chi connectivity index (χ2v) is 8.52. The maximum Gasteiger partial charge on any atom is 0.411 e. The van der Waals surface area contributed by atoms with Crippen LogP contribution in [0.25, 0.3) is 0 Å². The lowest BCUT2D eigenvalue weighted by molar-refractivity contribution is -0.176. The minimum Gasteiger partial charge on any atom is -0.494 e. The third-order valence-corrected chi connectivity index (χ3v) is 5.61. The second kappa shape index (κ2) is 11.8. The van der Waals surface area contributed by atoms with Crippen LogP contribution in [0.15, 0.2) is 53.4 Å². The molecule has 2 N–H and O–H groups in total. The molecule has 0 heterocycles. The molecule has 2 aromatic rings. The molecule has 7 nitrogen and oxygen atoms in total. The smallest absolute Gasteiger partial charge is 0.411 e. The van der Waals surface area contributed by atoms with Crippen LogP contribution in [0, 0.1) is 0 Å². The molecule has 176 valence electrons. The standard InChI is InChI=1S/C21H25F3N2O5S/c1-2-31-18-7-9-19(10-8-18)32(28,29)26-12-11-20(27)25-13-16-3-5-17(6-4-16)14-30-15-21(22,23)24/h3-10,26H,2,11-15H2,1H3,(H,25,27). The summed E-state index contributed by atoms with van der Waals surface area (Å²) in [7, 11) is -3.74. The number of carbonyl (C=O) groups excluding carboxylic acids is 1. The fourth-order valence-corrected chi connectivity index (χ4v) is 3.62. The monoisotopic (exact) mass is 474 g/mol. The summed E-state index contributed by atoms with van der Waals surface area (Å²) in [5, 5.41) is 2.66. The van der Waals surface area contributed by atoms with Crippen molar-refractivity contribution in [3.63, 3.8) is 0 Å². The van der Waals surface area contributed by atoms with Crippen LogP contribution in [0.3, 0.4) is 0 Å². The Morgan fingerprint density at radius 2 is 1.62 bits per heavy atom. The van der Waals surface area contributed by atoms with Gasteiger partial charge in [-0.15, -0.1) is 0 Å². The Labute approximate surface area is 185 Å². The van der Waals surface area contributed by atoms with Gasteiger partial charge in [0.05, 0.1) is 18.1 Å². The molecule has 1 amide bonds. The van der Waals surface area contributed by atoms with E-state index >= 15 is 0 Å². The average molecular weight is 475 g/mol. The minimum atomic E-state index is -4.37. The lowest BCUT2D eigenvalue weighted by Crippen LogP contribution is -2.30. The van der Waals surface area contributed by atoms with Gasteiger partial charge in [0.2, 0.25) is 15.9 Å². The third kappa shape index (κ3) is 9.25. The van der Waals surface area contributed by atoms with E-state index < -0.39 is 22.8 Å². The Morgan fingerprint density at radius 1 is 1.00 bits per heavy atom. The van der Waals surface area contributed by atoms with Gasteiger partial charge in [-0.2, -0.15) is 13.2 Å². The number of hydrogen-bond donors (Lipinski definition) is 2. The van der Waals surface area contributed by atoms with Crippen LogP contribution in [0.4, 0.5) is 13.2 Å². The number of carbonyl (C=O) groups is 1. The molecule has 0 saturated carbocycles. The molecule has 0 aromatic heterocycles. The number of amides is 1. The van der Waals surface area contributed by atoms with E-state index in [1.165, 1.54) is 12.1 Å². The predicted molar refractivity (Wildman–Crippen MR) is 111 cm³/mol. The highest BCUT2D eigenvalue weighted by molar-refractivity contribution is 7.89. The van der Waals surface area contributed by atoms with Gasteiger partial charge in [-0.05, 0) is 42.3 Å². The second-order valence-electron chi connectivity index (χ2n) is 6.75. The van der Waals surface area contributed by atoms with E-state index in [1.54, 1.807) is 36.4 Å². The quantitative estimate of drug-likeness (QED) is 0.493. The van der Waals surface area contributed by atoms with E-state index in [0.29, 0.717) is 17.9 Å². The van der Waals surface area contributed by atoms with E-state index in [-0.39, 0.29) is 36.9 Å². The van der Waals surface area contributed by atoms with Crippen molar-refractivity contribution in [2.45, 2.75) is 37.6 Å². The Kier molecular flexibility index (Phi) is 9.48. The van der Waals surface area contributed by atoms with E-state index in [4.69, 9.17) is 4.74 Å². The van der Waals surface area contributed by atoms with Gasteiger partial charge in [-0.25, -0.2) is 13.1 Å². The summed E-state index contributed by atoms with van der Waals surface area (Å²) in [5.74, 6) is 0.213. The van der Waals surface area contributed by atoms with Crippen molar-refractivity contribution in [1.82, 2.24) is 10.0 Å². The van der Waals surface area contributed by atoms with Crippen molar-refractivity contribution < 1.29 is 35.9 Å². The maximum atomic E-state index is 12.3. The molecular weight excluding hydrogens is 449 g/mol.